The average molecular weight is 248 g/mol. The number of benzene rings is 1. The fourth-order valence-corrected chi connectivity index (χ4v) is 1.77. The second kappa shape index (κ2) is 5.71. The number of aliphatic hydroxyl groups excluding tert-OH is 1. The van der Waals surface area contributed by atoms with Crippen LogP contribution in [0.5, 0.6) is 0 Å². The zero-order chi connectivity index (χ0) is 11.4. The van der Waals surface area contributed by atoms with Crippen molar-refractivity contribution in [2.45, 2.75) is 31.9 Å². The Morgan fingerprint density at radius 3 is 2.67 bits per heavy atom. The van der Waals surface area contributed by atoms with Gasteiger partial charge < -0.3 is 10.8 Å². The van der Waals surface area contributed by atoms with E-state index in [1.54, 1.807) is 18.2 Å². The van der Waals surface area contributed by atoms with Crippen LogP contribution in [0.2, 0.25) is 10.0 Å². The second-order valence-corrected chi connectivity index (χ2v) is 4.43. The summed E-state index contributed by atoms with van der Waals surface area (Å²) in [5, 5.41) is 11.0. The first-order valence-corrected chi connectivity index (χ1v) is 5.68. The Balaban J connectivity index is 2.80. The standard InChI is InChI=1S/C11H15Cl2NO/c1-2-8(14)6-11(15)9-5-7(12)3-4-10(9)13/h3-5,8,11,15H,2,6,14H2,1H3. The van der Waals surface area contributed by atoms with Gasteiger partial charge in [-0.15, -0.1) is 0 Å². The Hall–Kier alpha value is -0.280. The Labute approximate surface area is 100.0 Å². The molecule has 1 aromatic rings. The molecule has 2 atom stereocenters. The first kappa shape index (κ1) is 12.8. The van der Waals surface area contributed by atoms with Gasteiger partial charge in [0, 0.05) is 21.7 Å². The molecular formula is C11H15Cl2NO. The number of nitrogens with two attached hydrogens (primary N) is 1. The third-order valence-corrected chi connectivity index (χ3v) is 2.95. The van der Waals surface area contributed by atoms with E-state index in [1.807, 2.05) is 6.92 Å². The maximum absolute atomic E-state index is 9.90. The van der Waals surface area contributed by atoms with E-state index in [-0.39, 0.29) is 6.04 Å². The lowest BCUT2D eigenvalue weighted by molar-refractivity contribution is 0.157. The van der Waals surface area contributed by atoms with E-state index in [1.165, 1.54) is 0 Å². The van der Waals surface area contributed by atoms with E-state index >= 15 is 0 Å². The lowest BCUT2D eigenvalue weighted by Gasteiger charge is -2.16. The highest BCUT2D eigenvalue weighted by molar-refractivity contribution is 6.33. The van der Waals surface area contributed by atoms with Crippen molar-refractivity contribution >= 4 is 23.2 Å². The summed E-state index contributed by atoms with van der Waals surface area (Å²) >= 11 is 11.8. The van der Waals surface area contributed by atoms with Crippen LogP contribution in [0.3, 0.4) is 0 Å². The number of aliphatic hydroxyl groups is 1. The molecule has 1 aromatic carbocycles. The molecule has 2 unspecified atom stereocenters. The van der Waals surface area contributed by atoms with Gasteiger partial charge >= 0.3 is 0 Å². The van der Waals surface area contributed by atoms with Crippen LogP contribution in [-0.2, 0) is 0 Å². The Kier molecular flexibility index (Phi) is 4.87. The summed E-state index contributed by atoms with van der Waals surface area (Å²) < 4.78 is 0. The Bertz CT molecular complexity index is 330. The molecule has 4 heteroatoms. The average Bonchev–Trinajstić information content (AvgIpc) is 2.21. The van der Waals surface area contributed by atoms with E-state index in [0.717, 1.165) is 6.42 Å². The summed E-state index contributed by atoms with van der Waals surface area (Å²) in [5.41, 5.74) is 6.41. The van der Waals surface area contributed by atoms with Gasteiger partial charge in [0.1, 0.15) is 0 Å². The molecule has 0 bridgehead atoms. The SMILES string of the molecule is CCC(N)CC(O)c1cc(Cl)ccc1Cl. The summed E-state index contributed by atoms with van der Waals surface area (Å²) in [6.07, 6.45) is 0.678. The van der Waals surface area contributed by atoms with E-state index in [4.69, 9.17) is 28.9 Å². The summed E-state index contributed by atoms with van der Waals surface area (Å²) in [6.45, 7) is 1.98. The Morgan fingerprint density at radius 1 is 1.40 bits per heavy atom. The molecule has 0 aliphatic heterocycles. The maximum Gasteiger partial charge on any atom is 0.0819 e. The van der Waals surface area contributed by atoms with Crippen molar-refractivity contribution in [3.8, 4) is 0 Å². The lowest BCUT2D eigenvalue weighted by Crippen LogP contribution is -2.21. The fraction of sp³-hybridized carbons (Fsp3) is 0.455. The number of hydrogen-bond donors (Lipinski definition) is 2. The van der Waals surface area contributed by atoms with Gasteiger partial charge in [-0.3, -0.25) is 0 Å². The largest absolute Gasteiger partial charge is 0.388 e. The minimum atomic E-state index is -0.647. The molecule has 0 aliphatic carbocycles. The summed E-state index contributed by atoms with van der Waals surface area (Å²) in [5.74, 6) is 0. The van der Waals surface area contributed by atoms with Crippen molar-refractivity contribution in [3.63, 3.8) is 0 Å². The molecule has 0 aromatic heterocycles. The van der Waals surface area contributed by atoms with Crippen molar-refractivity contribution in [3.05, 3.63) is 33.8 Å². The van der Waals surface area contributed by atoms with E-state index in [2.05, 4.69) is 0 Å². The quantitative estimate of drug-likeness (QED) is 0.859. The molecule has 15 heavy (non-hydrogen) atoms. The normalized spacial score (nSPS) is 15.0. The molecule has 0 aliphatic rings. The molecule has 2 nitrogen and oxygen atoms in total. The highest BCUT2D eigenvalue weighted by Gasteiger charge is 2.14. The first-order valence-electron chi connectivity index (χ1n) is 4.93. The topological polar surface area (TPSA) is 46.2 Å². The van der Waals surface area contributed by atoms with Gasteiger partial charge in [-0.05, 0) is 31.0 Å². The lowest BCUT2D eigenvalue weighted by atomic mass is 10.0. The maximum atomic E-state index is 9.90. The zero-order valence-corrected chi connectivity index (χ0v) is 10.1. The predicted molar refractivity (Wildman–Crippen MR) is 64.3 cm³/mol. The van der Waals surface area contributed by atoms with E-state index in [9.17, 15) is 5.11 Å². The molecule has 1 rings (SSSR count). The van der Waals surface area contributed by atoms with Gasteiger partial charge in [-0.25, -0.2) is 0 Å². The van der Waals surface area contributed by atoms with Crippen LogP contribution >= 0.6 is 23.2 Å². The molecule has 3 N–H and O–H groups in total. The van der Waals surface area contributed by atoms with E-state index in [0.29, 0.717) is 22.0 Å². The van der Waals surface area contributed by atoms with Gasteiger partial charge in [0.15, 0.2) is 0 Å². The second-order valence-electron chi connectivity index (χ2n) is 3.59. The van der Waals surface area contributed by atoms with E-state index < -0.39 is 6.10 Å². The van der Waals surface area contributed by atoms with Gasteiger partial charge in [-0.2, -0.15) is 0 Å². The van der Waals surface area contributed by atoms with Crippen molar-refractivity contribution < 1.29 is 5.11 Å². The molecule has 0 fully saturated rings. The molecule has 0 amide bonds. The van der Waals surface area contributed by atoms with Gasteiger partial charge in [0.25, 0.3) is 0 Å². The molecule has 0 spiro atoms. The van der Waals surface area contributed by atoms with Crippen molar-refractivity contribution in [2.75, 3.05) is 0 Å². The van der Waals surface area contributed by atoms with Crippen LogP contribution in [-0.4, -0.2) is 11.1 Å². The van der Waals surface area contributed by atoms with Gasteiger partial charge in [-0.1, -0.05) is 30.1 Å². The molecular weight excluding hydrogens is 233 g/mol. The Morgan fingerprint density at radius 2 is 2.07 bits per heavy atom. The zero-order valence-electron chi connectivity index (χ0n) is 8.58. The first-order chi connectivity index (χ1) is 7.04. The fourth-order valence-electron chi connectivity index (χ4n) is 1.35. The van der Waals surface area contributed by atoms with Gasteiger partial charge in [0.2, 0.25) is 0 Å². The number of hydrogen-bond acceptors (Lipinski definition) is 2. The highest BCUT2D eigenvalue weighted by Crippen LogP contribution is 2.28. The minimum absolute atomic E-state index is 0.0185. The third-order valence-electron chi connectivity index (χ3n) is 2.37. The van der Waals surface area contributed by atoms with Crippen LogP contribution in [0.15, 0.2) is 18.2 Å². The smallest absolute Gasteiger partial charge is 0.0819 e. The predicted octanol–water partition coefficient (Wildman–Crippen LogP) is 3.15. The summed E-state index contributed by atoms with van der Waals surface area (Å²) in [6, 6.07) is 5.03. The minimum Gasteiger partial charge on any atom is -0.388 e. The monoisotopic (exact) mass is 247 g/mol. The highest BCUT2D eigenvalue weighted by atomic mass is 35.5. The van der Waals surface area contributed by atoms with Crippen molar-refractivity contribution in [1.29, 1.82) is 0 Å². The summed E-state index contributed by atoms with van der Waals surface area (Å²) in [4.78, 5) is 0. The molecule has 0 radical (unpaired) electrons. The van der Waals surface area contributed by atoms with Gasteiger partial charge in [0.05, 0.1) is 6.10 Å². The third kappa shape index (κ3) is 3.65. The molecule has 0 saturated heterocycles. The summed E-state index contributed by atoms with van der Waals surface area (Å²) in [7, 11) is 0. The molecule has 0 heterocycles. The van der Waals surface area contributed by atoms with Crippen LogP contribution in [0, 0.1) is 0 Å². The number of halogens is 2. The van der Waals surface area contributed by atoms with Crippen LogP contribution in [0.25, 0.3) is 0 Å². The van der Waals surface area contributed by atoms with Crippen LogP contribution in [0.4, 0.5) is 0 Å². The van der Waals surface area contributed by atoms with Crippen LogP contribution in [0.1, 0.15) is 31.4 Å². The van der Waals surface area contributed by atoms with Crippen molar-refractivity contribution in [1.82, 2.24) is 0 Å². The van der Waals surface area contributed by atoms with Crippen molar-refractivity contribution in [2.24, 2.45) is 5.73 Å². The molecule has 84 valence electrons. The van der Waals surface area contributed by atoms with Crippen LogP contribution < -0.4 is 5.73 Å². The molecule has 0 saturated carbocycles. The number of rotatable bonds is 4.